The normalized spacial score (nSPS) is 11.1. The number of benzene rings is 3. The van der Waals surface area contributed by atoms with Gasteiger partial charge in [0.1, 0.15) is 23.0 Å². The highest BCUT2D eigenvalue weighted by atomic mass is 16.5. The lowest BCUT2D eigenvalue weighted by Gasteiger charge is -2.23. The zero-order valence-electron chi connectivity index (χ0n) is 14.3. The average Bonchev–Trinajstić information content (AvgIpc) is 2.57. The predicted octanol–water partition coefficient (Wildman–Crippen LogP) is 6.57. The van der Waals surface area contributed by atoms with Crippen LogP contribution in [0.4, 0.5) is 0 Å². The smallest absolute Gasteiger partial charge is 0.131 e. The molecule has 0 aliphatic rings. The van der Waals surface area contributed by atoms with Crippen molar-refractivity contribution in [2.45, 2.75) is 26.2 Å². The molecule has 0 N–H and O–H groups in total. The van der Waals surface area contributed by atoms with E-state index in [1.54, 1.807) is 0 Å². The molecule has 0 saturated carbocycles. The molecule has 0 atom stereocenters. The van der Waals surface area contributed by atoms with E-state index in [-0.39, 0.29) is 5.41 Å². The summed E-state index contributed by atoms with van der Waals surface area (Å²) in [4.78, 5) is 0. The van der Waals surface area contributed by atoms with E-state index in [2.05, 4.69) is 26.8 Å². The SMILES string of the molecule is CC(C)(C)c1cc(Oc2ccccc2)ccc1Oc1ccccc1. The topological polar surface area (TPSA) is 18.5 Å². The minimum atomic E-state index is -0.0554. The van der Waals surface area contributed by atoms with Crippen LogP contribution >= 0.6 is 0 Å². The largest absolute Gasteiger partial charge is 0.457 e. The highest BCUT2D eigenvalue weighted by molar-refractivity contribution is 5.47. The van der Waals surface area contributed by atoms with E-state index in [4.69, 9.17) is 9.47 Å². The molecule has 0 bridgehead atoms. The van der Waals surface area contributed by atoms with E-state index < -0.39 is 0 Å². The van der Waals surface area contributed by atoms with E-state index in [0.717, 1.165) is 28.6 Å². The van der Waals surface area contributed by atoms with Gasteiger partial charge >= 0.3 is 0 Å². The van der Waals surface area contributed by atoms with Gasteiger partial charge in [-0.2, -0.15) is 0 Å². The fraction of sp³-hybridized carbons (Fsp3) is 0.182. The van der Waals surface area contributed by atoms with Gasteiger partial charge in [-0.25, -0.2) is 0 Å². The molecule has 0 amide bonds. The minimum absolute atomic E-state index is 0.0554. The molecule has 0 heterocycles. The second kappa shape index (κ2) is 6.79. The van der Waals surface area contributed by atoms with Crippen LogP contribution in [0.15, 0.2) is 78.9 Å². The van der Waals surface area contributed by atoms with Gasteiger partial charge in [0.05, 0.1) is 0 Å². The molecule has 122 valence electrons. The summed E-state index contributed by atoms with van der Waals surface area (Å²) in [6.45, 7) is 6.52. The molecule has 24 heavy (non-hydrogen) atoms. The Labute approximate surface area is 143 Å². The molecule has 0 aliphatic carbocycles. The van der Waals surface area contributed by atoms with Crippen molar-refractivity contribution in [1.29, 1.82) is 0 Å². The van der Waals surface area contributed by atoms with Gasteiger partial charge in [0.15, 0.2) is 0 Å². The molecule has 0 unspecified atom stereocenters. The molecule has 0 aromatic heterocycles. The summed E-state index contributed by atoms with van der Waals surface area (Å²) in [7, 11) is 0. The summed E-state index contributed by atoms with van der Waals surface area (Å²) in [5.41, 5.74) is 1.06. The molecule has 3 rings (SSSR count). The van der Waals surface area contributed by atoms with Gasteiger partial charge in [-0.3, -0.25) is 0 Å². The van der Waals surface area contributed by atoms with Crippen molar-refractivity contribution < 1.29 is 9.47 Å². The van der Waals surface area contributed by atoms with Crippen molar-refractivity contribution in [2.75, 3.05) is 0 Å². The van der Waals surface area contributed by atoms with Gasteiger partial charge in [-0.15, -0.1) is 0 Å². The second-order valence-corrected chi connectivity index (χ2v) is 6.74. The molecule has 2 nitrogen and oxygen atoms in total. The van der Waals surface area contributed by atoms with E-state index in [9.17, 15) is 0 Å². The van der Waals surface area contributed by atoms with Crippen LogP contribution in [0, 0.1) is 0 Å². The first kappa shape index (κ1) is 16.1. The number of hydrogen-bond acceptors (Lipinski definition) is 2. The Hall–Kier alpha value is -2.74. The molecular weight excluding hydrogens is 296 g/mol. The van der Waals surface area contributed by atoms with Crippen LogP contribution in [0.5, 0.6) is 23.0 Å². The summed E-state index contributed by atoms with van der Waals surface area (Å²) in [6, 6.07) is 25.6. The fourth-order valence-electron chi connectivity index (χ4n) is 2.49. The lowest BCUT2D eigenvalue weighted by Crippen LogP contribution is -2.12. The van der Waals surface area contributed by atoms with Crippen molar-refractivity contribution in [1.82, 2.24) is 0 Å². The van der Waals surface area contributed by atoms with Crippen LogP contribution < -0.4 is 9.47 Å². The molecule has 3 aromatic carbocycles. The molecular formula is C22H22O2. The van der Waals surface area contributed by atoms with Crippen LogP contribution in [0.3, 0.4) is 0 Å². The summed E-state index contributed by atoms with van der Waals surface area (Å²) in [5.74, 6) is 3.33. The Morgan fingerprint density at radius 2 is 1.12 bits per heavy atom. The molecule has 0 fully saturated rings. The Balaban J connectivity index is 1.92. The van der Waals surface area contributed by atoms with Gasteiger partial charge < -0.3 is 9.47 Å². The summed E-state index contributed by atoms with van der Waals surface area (Å²) >= 11 is 0. The Morgan fingerprint density at radius 1 is 0.583 bits per heavy atom. The molecule has 0 aliphatic heterocycles. The number of ether oxygens (including phenoxy) is 2. The number of hydrogen-bond donors (Lipinski definition) is 0. The molecule has 0 radical (unpaired) electrons. The minimum Gasteiger partial charge on any atom is -0.457 e. The maximum absolute atomic E-state index is 6.09. The first-order valence-corrected chi connectivity index (χ1v) is 8.13. The van der Waals surface area contributed by atoms with Gasteiger partial charge in [0, 0.05) is 5.56 Å². The van der Waals surface area contributed by atoms with Gasteiger partial charge in [-0.05, 0) is 47.9 Å². The first-order valence-electron chi connectivity index (χ1n) is 8.13. The third-order valence-corrected chi connectivity index (χ3v) is 3.71. The first-order chi connectivity index (χ1) is 11.5. The van der Waals surface area contributed by atoms with Crippen LogP contribution in [-0.4, -0.2) is 0 Å². The maximum Gasteiger partial charge on any atom is 0.131 e. The monoisotopic (exact) mass is 318 g/mol. The van der Waals surface area contributed by atoms with E-state index in [1.165, 1.54) is 0 Å². The van der Waals surface area contributed by atoms with E-state index in [0.29, 0.717) is 0 Å². The van der Waals surface area contributed by atoms with Crippen molar-refractivity contribution >= 4 is 0 Å². The molecule has 2 heteroatoms. The Kier molecular flexibility index (Phi) is 4.57. The predicted molar refractivity (Wildman–Crippen MR) is 98.2 cm³/mol. The van der Waals surface area contributed by atoms with Crippen molar-refractivity contribution in [3.63, 3.8) is 0 Å². The van der Waals surface area contributed by atoms with Gasteiger partial charge in [0.25, 0.3) is 0 Å². The lowest BCUT2D eigenvalue weighted by molar-refractivity contribution is 0.445. The summed E-state index contributed by atoms with van der Waals surface area (Å²) in [5, 5.41) is 0. The summed E-state index contributed by atoms with van der Waals surface area (Å²) in [6.07, 6.45) is 0. The molecule has 3 aromatic rings. The molecule has 0 spiro atoms. The number of para-hydroxylation sites is 2. The van der Waals surface area contributed by atoms with Crippen molar-refractivity contribution in [2.24, 2.45) is 0 Å². The van der Waals surface area contributed by atoms with Crippen LogP contribution in [0.25, 0.3) is 0 Å². The molecule has 0 saturated heterocycles. The highest BCUT2D eigenvalue weighted by Gasteiger charge is 2.20. The van der Waals surface area contributed by atoms with Crippen molar-refractivity contribution in [3.8, 4) is 23.0 Å². The zero-order chi connectivity index (χ0) is 17.0. The maximum atomic E-state index is 6.09. The zero-order valence-corrected chi connectivity index (χ0v) is 14.3. The van der Waals surface area contributed by atoms with Crippen LogP contribution in [0.2, 0.25) is 0 Å². The van der Waals surface area contributed by atoms with Gasteiger partial charge in [-0.1, -0.05) is 57.2 Å². The van der Waals surface area contributed by atoms with Crippen LogP contribution in [0.1, 0.15) is 26.3 Å². The Bertz CT molecular complexity index is 787. The lowest BCUT2D eigenvalue weighted by atomic mass is 9.86. The quantitative estimate of drug-likeness (QED) is 0.541. The van der Waals surface area contributed by atoms with Gasteiger partial charge in [0.2, 0.25) is 0 Å². The third kappa shape index (κ3) is 3.96. The highest BCUT2D eigenvalue weighted by Crippen LogP contribution is 2.37. The van der Waals surface area contributed by atoms with E-state index >= 15 is 0 Å². The van der Waals surface area contributed by atoms with Crippen molar-refractivity contribution in [3.05, 3.63) is 84.4 Å². The standard InChI is InChI=1S/C22H22O2/c1-22(2,3)20-16-19(23-17-10-6-4-7-11-17)14-15-21(20)24-18-12-8-5-9-13-18/h4-16H,1-3H3. The average molecular weight is 318 g/mol. The Morgan fingerprint density at radius 3 is 1.67 bits per heavy atom. The number of rotatable bonds is 4. The summed E-state index contributed by atoms with van der Waals surface area (Å²) < 4.78 is 12.0. The fourth-order valence-corrected chi connectivity index (χ4v) is 2.49. The second-order valence-electron chi connectivity index (χ2n) is 6.74. The van der Waals surface area contributed by atoms with Crippen LogP contribution in [-0.2, 0) is 5.41 Å². The van der Waals surface area contributed by atoms with E-state index in [1.807, 2.05) is 72.8 Å². The third-order valence-electron chi connectivity index (χ3n) is 3.71.